The summed E-state index contributed by atoms with van der Waals surface area (Å²) in [6.45, 7) is 5.27. The van der Waals surface area contributed by atoms with Crippen LogP contribution in [0.2, 0.25) is 0 Å². The van der Waals surface area contributed by atoms with Crippen molar-refractivity contribution in [3.8, 4) is 0 Å². The van der Waals surface area contributed by atoms with Gasteiger partial charge in [-0.1, -0.05) is 26.7 Å². The van der Waals surface area contributed by atoms with Crippen molar-refractivity contribution in [3.63, 3.8) is 0 Å². The minimum atomic E-state index is -0.326. The topological polar surface area (TPSA) is 55.1 Å². The summed E-state index contributed by atoms with van der Waals surface area (Å²) in [5, 5.41) is 3.00. The lowest BCUT2D eigenvalue weighted by molar-refractivity contribution is -0.129. The van der Waals surface area contributed by atoms with Crippen molar-refractivity contribution in [1.29, 1.82) is 0 Å². The van der Waals surface area contributed by atoms with Crippen LogP contribution in [0.3, 0.4) is 0 Å². The molecule has 0 aromatic carbocycles. The van der Waals surface area contributed by atoms with Crippen molar-refractivity contribution in [1.82, 2.24) is 5.32 Å². The van der Waals surface area contributed by atoms with Crippen LogP contribution in [0.15, 0.2) is 0 Å². The highest BCUT2D eigenvalue weighted by atomic mass is 32.2. The molecule has 3 N–H and O–H groups in total. The third kappa shape index (κ3) is 8.50. The van der Waals surface area contributed by atoms with Gasteiger partial charge in [-0.15, -0.1) is 0 Å². The van der Waals surface area contributed by atoms with Gasteiger partial charge in [0.15, 0.2) is 0 Å². The maximum atomic E-state index is 11.8. The third-order valence-corrected chi connectivity index (χ3v) is 3.64. The van der Waals surface area contributed by atoms with Crippen molar-refractivity contribution >= 4 is 17.7 Å². The van der Waals surface area contributed by atoms with Crippen molar-refractivity contribution < 1.29 is 4.79 Å². The Morgan fingerprint density at radius 1 is 1.24 bits per heavy atom. The maximum Gasteiger partial charge on any atom is 0.225 e. The van der Waals surface area contributed by atoms with Crippen molar-refractivity contribution in [3.05, 3.63) is 0 Å². The van der Waals surface area contributed by atoms with E-state index in [1.807, 2.05) is 25.6 Å². The Hall–Kier alpha value is -0.220. The van der Waals surface area contributed by atoms with Crippen LogP contribution in [-0.4, -0.2) is 31.0 Å². The number of nitrogens with two attached hydrogens (primary N) is 1. The highest BCUT2D eigenvalue weighted by Crippen LogP contribution is 2.19. The van der Waals surface area contributed by atoms with Crippen molar-refractivity contribution in [2.75, 3.05) is 25.1 Å². The predicted octanol–water partition coefficient (Wildman–Crippen LogP) is 2.40. The summed E-state index contributed by atoms with van der Waals surface area (Å²) in [5.41, 5.74) is 5.17. The highest BCUT2D eigenvalue weighted by molar-refractivity contribution is 7.98. The molecule has 0 aliphatic carbocycles. The van der Waals surface area contributed by atoms with E-state index in [1.54, 1.807) is 0 Å². The highest BCUT2D eigenvalue weighted by Gasteiger charge is 2.25. The molecule has 0 unspecified atom stereocenters. The first kappa shape index (κ1) is 16.8. The molecule has 4 heteroatoms. The van der Waals surface area contributed by atoms with Crippen LogP contribution in [0.1, 0.15) is 46.0 Å². The molecule has 1 amide bonds. The van der Waals surface area contributed by atoms with Gasteiger partial charge < -0.3 is 11.1 Å². The van der Waals surface area contributed by atoms with Crippen LogP contribution >= 0.6 is 11.8 Å². The summed E-state index contributed by atoms with van der Waals surface area (Å²) < 4.78 is 0. The number of rotatable bonds is 10. The number of hydrogen-bond acceptors (Lipinski definition) is 3. The number of amides is 1. The van der Waals surface area contributed by atoms with Gasteiger partial charge in [-0.25, -0.2) is 0 Å². The average molecular weight is 260 g/mol. The fourth-order valence-corrected chi connectivity index (χ4v) is 2.13. The quantitative estimate of drug-likeness (QED) is 0.593. The lowest BCUT2D eigenvalue weighted by atomic mass is 9.88. The van der Waals surface area contributed by atoms with Gasteiger partial charge in [0.2, 0.25) is 5.91 Å². The van der Waals surface area contributed by atoms with Crippen molar-refractivity contribution in [2.45, 2.75) is 46.0 Å². The number of unbranched alkanes of at least 4 members (excludes halogenated alkanes) is 3. The lowest BCUT2D eigenvalue weighted by Gasteiger charge is -2.22. The minimum absolute atomic E-state index is 0.132. The number of carbonyl (C=O) groups is 1. The van der Waals surface area contributed by atoms with Crippen molar-refractivity contribution in [2.24, 2.45) is 11.1 Å². The molecule has 0 atom stereocenters. The first-order chi connectivity index (χ1) is 8.04. The summed E-state index contributed by atoms with van der Waals surface area (Å²) in [4.78, 5) is 11.8. The molecule has 0 heterocycles. The van der Waals surface area contributed by atoms with Gasteiger partial charge in [-0.3, -0.25) is 4.79 Å². The molecule has 0 saturated heterocycles. The molecule has 0 aliphatic rings. The molecule has 0 fully saturated rings. The molecular formula is C13H28N2OS. The van der Waals surface area contributed by atoms with E-state index >= 15 is 0 Å². The van der Waals surface area contributed by atoms with Gasteiger partial charge in [0, 0.05) is 12.0 Å². The molecule has 17 heavy (non-hydrogen) atoms. The van der Waals surface area contributed by atoms with E-state index in [-0.39, 0.29) is 11.3 Å². The fourth-order valence-electron chi connectivity index (χ4n) is 1.64. The molecule has 0 aromatic heterocycles. The molecular weight excluding hydrogens is 232 g/mol. The van der Waals surface area contributed by atoms with Gasteiger partial charge in [0.1, 0.15) is 0 Å². The van der Waals surface area contributed by atoms with Crippen LogP contribution < -0.4 is 11.1 Å². The molecule has 0 aliphatic heterocycles. The molecule has 3 nitrogen and oxygen atoms in total. The third-order valence-electron chi connectivity index (χ3n) is 2.94. The second kappa shape index (κ2) is 9.77. The Bertz CT molecular complexity index is 208. The molecule has 0 aromatic rings. The second-order valence-corrected chi connectivity index (χ2v) is 6.07. The normalized spacial score (nSPS) is 11.5. The van der Waals surface area contributed by atoms with E-state index in [9.17, 15) is 4.79 Å². The largest absolute Gasteiger partial charge is 0.356 e. The molecule has 0 radical (unpaired) electrons. The number of nitrogens with one attached hydrogen (secondary N) is 1. The summed E-state index contributed by atoms with van der Waals surface area (Å²) in [7, 11) is 0. The maximum absolute atomic E-state index is 11.8. The van der Waals surface area contributed by atoms with E-state index in [2.05, 4.69) is 11.6 Å². The average Bonchev–Trinajstić information content (AvgIpc) is 2.27. The Balaban J connectivity index is 3.51. The molecule has 0 bridgehead atoms. The number of thioether (sulfide) groups is 1. The van der Waals surface area contributed by atoms with E-state index in [1.165, 1.54) is 25.0 Å². The SMILES string of the molecule is CSCCCCCCNC(=O)C(C)(C)CCN. The Morgan fingerprint density at radius 3 is 2.47 bits per heavy atom. The van der Waals surface area contributed by atoms with Crippen LogP contribution in [0.5, 0.6) is 0 Å². The monoisotopic (exact) mass is 260 g/mol. The number of hydrogen-bond donors (Lipinski definition) is 2. The van der Waals surface area contributed by atoms with Gasteiger partial charge in [-0.05, 0) is 37.8 Å². The fraction of sp³-hybridized carbons (Fsp3) is 0.923. The minimum Gasteiger partial charge on any atom is -0.356 e. The first-order valence-corrected chi connectivity index (χ1v) is 7.91. The summed E-state index contributed by atoms with van der Waals surface area (Å²) in [6, 6.07) is 0. The summed E-state index contributed by atoms with van der Waals surface area (Å²) >= 11 is 1.90. The zero-order valence-electron chi connectivity index (χ0n) is 11.6. The van der Waals surface area contributed by atoms with Crippen LogP contribution in [0, 0.1) is 5.41 Å². The molecule has 0 rings (SSSR count). The molecule has 0 saturated carbocycles. The Labute approximate surface area is 110 Å². The van der Waals surface area contributed by atoms with E-state index in [4.69, 9.17) is 5.73 Å². The zero-order chi connectivity index (χ0) is 13.1. The molecule has 0 spiro atoms. The lowest BCUT2D eigenvalue weighted by Crippen LogP contribution is -2.38. The predicted molar refractivity (Wildman–Crippen MR) is 77.3 cm³/mol. The van der Waals surface area contributed by atoms with Crippen LogP contribution in [0.25, 0.3) is 0 Å². The van der Waals surface area contributed by atoms with E-state index < -0.39 is 0 Å². The van der Waals surface area contributed by atoms with Crippen LogP contribution in [0.4, 0.5) is 0 Å². The van der Waals surface area contributed by atoms with Gasteiger partial charge >= 0.3 is 0 Å². The Morgan fingerprint density at radius 2 is 1.88 bits per heavy atom. The van der Waals surface area contributed by atoms with Gasteiger partial charge in [-0.2, -0.15) is 11.8 Å². The summed E-state index contributed by atoms with van der Waals surface area (Å²) in [5.74, 6) is 1.38. The summed E-state index contributed by atoms with van der Waals surface area (Å²) in [6.07, 6.45) is 7.72. The van der Waals surface area contributed by atoms with Gasteiger partial charge in [0.25, 0.3) is 0 Å². The number of carbonyl (C=O) groups excluding carboxylic acids is 1. The standard InChI is InChI=1S/C13H28N2OS/c1-13(2,8-9-14)12(16)15-10-6-4-5-7-11-17-3/h4-11,14H2,1-3H3,(H,15,16). The van der Waals surface area contributed by atoms with E-state index in [0.29, 0.717) is 6.54 Å². The molecule has 102 valence electrons. The zero-order valence-corrected chi connectivity index (χ0v) is 12.4. The second-order valence-electron chi connectivity index (χ2n) is 5.09. The Kier molecular flexibility index (Phi) is 9.65. The smallest absolute Gasteiger partial charge is 0.225 e. The van der Waals surface area contributed by atoms with E-state index in [0.717, 1.165) is 19.4 Å². The van der Waals surface area contributed by atoms with Gasteiger partial charge in [0.05, 0.1) is 0 Å². The van der Waals surface area contributed by atoms with Crippen LogP contribution in [-0.2, 0) is 4.79 Å². The first-order valence-electron chi connectivity index (χ1n) is 6.52.